The van der Waals surface area contributed by atoms with Crippen LogP contribution in [0.1, 0.15) is 85.0 Å². The maximum atomic E-state index is 12.3. The van der Waals surface area contributed by atoms with Crippen LogP contribution in [0.15, 0.2) is 34.7 Å². The van der Waals surface area contributed by atoms with E-state index in [1.54, 1.807) is 0 Å². The maximum Gasteiger partial charge on any atom is 0.309 e. The molecule has 3 N–H and O–H groups in total. The summed E-state index contributed by atoms with van der Waals surface area (Å²) in [6, 6.07) is 0. The number of fused-ring (bicyclic) bond motifs is 1. The van der Waals surface area contributed by atoms with Gasteiger partial charge in [0.25, 0.3) is 0 Å². The molecule has 0 radical (unpaired) electrons. The molecule has 6 nitrogen and oxygen atoms in total. The number of unbranched alkanes of at least 4 members (excludes halogenated alkanes) is 3. The lowest BCUT2D eigenvalue weighted by molar-refractivity contribution is -0.148. The van der Waals surface area contributed by atoms with Gasteiger partial charge in [-0.1, -0.05) is 33.6 Å². The lowest BCUT2D eigenvalue weighted by Crippen LogP contribution is -2.32. The molecule has 0 amide bonds. The Morgan fingerprint density at radius 2 is 2.15 bits per heavy atom. The number of carbonyl (C=O) groups excluding carboxylic acids is 1. The van der Waals surface area contributed by atoms with Gasteiger partial charge in [-0.3, -0.25) is 9.79 Å². The molecule has 1 fully saturated rings. The van der Waals surface area contributed by atoms with Gasteiger partial charge in [0.05, 0.1) is 5.92 Å². The second kappa shape index (κ2) is 15.6. The molecule has 33 heavy (non-hydrogen) atoms. The summed E-state index contributed by atoms with van der Waals surface area (Å²) in [5.41, 5.74) is 8.96. The van der Waals surface area contributed by atoms with E-state index in [2.05, 4.69) is 42.0 Å². The standard InChI is InChI=1S/C27H45N3O3/c1-4-16-29-27(28)30-17-12-10-8-6-5-7-9-11-13-22(3)26(31)32-20-24-19-23-15-14-21(2)18-25(23)33-24/h6,10,19,21-23,25H,4-5,7,9,11-18,20H2,1-3H3,(H3,28,29,30). The summed E-state index contributed by atoms with van der Waals surface area (Å²) in [4.78, 5) is 16.5. The first-order chi connectivity index (χ1) is 16.0. The van der Waals surface area contributed by atoms with Crippen LogP contribution in [-0.2, 0) is 14.3 Å². The molecule has 1 aliphatic carbocycles. The zero-order chi connectivity index (χ0) is 23.9. The first-order valence-corrected chi connectivity index (χ1v) is 13.0. The minimum absolute atomic E-state index is 0.0643. The van der Waals surface area contributed by atoms with Crippen LogP contribution in [-0.4, -0.2) is 37.7 Å². The molecule has 0 spiro atoms. The summed E-state index contributed by atoms with van der Waals surface area (Å²) in [7, 11) is 0. The number of nitrogens with zero attached hydrogens (tertiary/aromatic N) is 1. The van der Waals surface area contributed by atoms with Crippen LogP contribution < -0.4 is 11.1 Å². The third-order valence-electron chi connectivity index (χ3n) is 6.39. The van der Waals surface area contributed by atoms with Gasteiger partial charge in [0, 0.05) is 19.0 Å². The predicted octanol–water partition coefficient (Wildman–Crippen LogP) is 5.25. The van der Waals surface area contributed by atoms with Crippen LogP contribution in [0.5, 0.6) is 0 Å². The van der Waals surface area contributed by atoms with Gasteiger partial charge in [-0.05, 0) is 75.5 Å². The van der Waals surface area contributed by atoms with Gasteiger partial charge < -0.3 is 20.5 Å². The Kier molecular flexibility index (Phi) is 12.8. The molecule has 4 atom stereocenters. The molecule has 0 saturated heterocycles. The summed E-state index contributed by atoms with van der Waals surface area (Å²) in [6.45, 7) is 8.16. The fourth-order valence-corrected chi connectivity index (χ4v) is 4.32. The Balaban J connectivity index is 1.47. The first-order valence-electron chi connectivity index (χ1n) is 13.0. The molecule has 2 aliphatic rings. The van der Waals surface area contributed by atoms with Gasteiger partial charge in [0.15, 0.2) is 5.96 Å². The Morgan fingerprint density at radius 3 is 2.97 bits per heavy atom. The second-order valence-electron chi connectivity index (χ2n) is 9.58. The number of guanidine groups is 1. The molecule has 186 valence electrons. The Bertz CT molecular complexity index is 709. The van der Waals surface area contributed by atoms with Crippen molar-refractivity contribution in [3.63, 3.8) is 0 Å². The van der Waals surface area contributed by atoms with Gasteiger partial charge in [0.1, 0.15) is 18.5 Å². The summed E-state index contributed by atoms with van der Waals surface area (Å²) in [5, 5.41) is 3.09. The highest BCUT2D eigenvalue weighted by molar-refractivity contribution is 5.77. The van der Waals surface area contributed by atoms with Gasteiger partial charge in [-0.25, -0.2) is 0 Å². The quantitative estimate of drug-likeness (QED) is 0.122. The van der Waals surface area contributed by atoms with Crippen molar-refractivity contribution >= 4 is 11.9 Å². The van der Waals surface area contributed by atoms with Gasteiger partial charge in [0.2, 0.25) is 0 Å². The number of hydrogen-bond acceptors (Lipinski definition) is 4. The Hall–Kier alpha value is -2.20. The van der Waals surface area contributed by atoms with Crippen molar-refractivity contribution in [1.82, 2.24) is 5.32 Å². The molecule has 1 saturated carbocycles. The van der Waals surface area contributed by atoms with Crippen molar-refractivity contribution in [1.29, 1.82) is 0 Å². The molecule has 6 heteroatoms. The molecule has 0 bridgehead atoms. The number of carbonyl (C=O) groups is 1. The number of esters is 1. The van der Waals surface area contributed by atoms with E-state index in [0.717, 1.165) is 76.1 Å². The normalized spacial score (nSPS) is 22.9. The second-order valence-corrected chi connectivity index (χ2v) is 9.58. The van der Waals surface area contributed by atoms with Gasteiger partial charge in [-0.2, -0.15) is 0 Å². The predicted molar refractivity (Wildman–Crippen MR) is 135 cm³/mol. The molecule has 2 rings (SSSR count). The highest BCUT2D eigenvalue weighted by atomic mass is 16.6. The number of ether oxygens (including phenoxy) is 2. The van der Waals surface area contributed by atoms with Crippen LogP contribution in [0.25, 0.3) is 0 Å². The highest BCUT2D eigenvalue weighted by Gasteiger charge is 2.34. The Morgan fingerprint density at radius 1 is 1.33 bits per heavy atom. The average Bonchev–Trinajstić information content (AvgIpc) is 3.21. The first kappa shape index (κ1) is 27.0. The van der Waals surface area contributed by atoms with Gasteiger partial charge >= 0.3 is 5.97 Å². The van der Waals surface area contributed by atoms with Crippen molar-refractivity contribution in [2.75, 3.05) is 19.7 Å². The van der Waals surface area contributed by atoms with Crippen molar-refractivity contribution in [2.45, 2.75) is 91.1 Å². The van der Waals surface area contributed by atoms with Crippen molar-refractivity contribution in [2.24, 2.45) is 28.5 Å². The smallest absolute Gasteiger partial charge is 0.309 e. The summed E-state index contributed by atoms with van der Waals surface area (Å²) in [5.74, 6) is 2.43. The third kappa shape index (κ3) is 11.0. The molecule has 0 aromatic rings. The Labute approximate surface area is 200 Å². The lowest BCUT2D eigenvalue weighted by Gasteiger charge is -2.28. The van der Waals surface area contributed by atoms with E-state index < -0.39 is 0 Å². The molecule has 0 aromatic carbocycles. The van der Waals surface area contributed by atoms with E-state index in [1.807, 2.05) is 13.0 Å². The average molecular weight is 460 g/mol. The molecule has 4 unspecified atom stereocenters. The van der Waals surface area contributed by atoms with Crippen molar-refractivity contribution in [3.8, 4) is 0 Å². The lowest BCUT2D eigenvalue weighted by atomic mass is 9.81. The maximum absolute atomic E-state index is 12.3. The van der Waals surface area contributed by atoms with E-state index in [4.69, 9.17) is 15.2 Å². The van der Waals surface area contributed by atoms with Gasteiger partial charge in [-0.15, -0.1) is 5.73 Å². The number of nitrogens with two attached hydrogens (primary N) is 1. The van der Waals surface area contributed by atoms with Crippen LogP contribution >= 0.6 is 0 Å². The number of nitrogens with one attached hydrogen (secondary N) is 1. The highest BCUT2D eigenvalue weighted by Crippen LogP contribution is 2.37. The fraction of sp³-hybridized carbons (Fsp3) is 0.741. The molecular formula is C27H45N3O3. The summed E-state index contributed by atoms with van der Waals surface area (Å²) >= 11 is 0. The molecule has 0 aromatic heterocycles. The summed E-state index contributed by atoms with van der Waals surface area (Å²) < 4.78 is 11.5. The largest absolute Gasteiger partial charge is 0.491 e. The van der Waals surface area contributed by atoms with Crippen molar-refractivity contribution in [3.05, 3.63) is 29.7 Å². The molecule has 1 heterocycles. The molecule has 1 aliphatic heterocycles. The monoisotopic (exact) mass is 459 g/mol. The number of rotatable bonds is 14. The van der Waals surface area contributed by atoms with E-state index in [9.17, 15) is 4.79 Å². The minimum atomic E-state index is -0.112. The van der Waals surface area contributed by atoms with Crippen molar-refractivity contribution < 1.29 is 14.3 Å². The van der Waals surface area contributed by atoms with E-state index in [1.165, 1.54) is 12.8 Å². The van der Waals surface area contributed by atoms with Crippen LogP contribution in [0.4, 0.5) is 0 Å². The fourth-order valence-electron chi connectivity index (χ4n) is 4.32. The topological polar surface area (TPSA) is 85.9 Å². The molecular weight excluding hydrogens is 414 g/mol. The summed E-state index contributed by atoms with van der Waals surface area (Å²) in [6.07, 6.45) is 17.2. The zero-order valence-electron chi connectivity index (χ0n) is 21.0. The van der Waals surface area contributed by atoms with E-state index >= 15 is 0 Å². The van der Waals surface area contributed by atoms with E-state index in [-0.39, 0.29) is 18.5 Å². The zero-order valence-corrected chi connectivity index (χ0v) is 21.0. The SMILES string of the molecule is CCCN=C(N)NCCC=C=CCCCCCC(C)C(=O)OCC1=CC2CCC(C)CC2O1. The van der Waals surface area contributed by atoms with Crippen LogP contribution in [0.3, 0.4) is 0 Å². The third-order valence-corrected chi connectivity index (χ3v) is 6.39. The number of hydrogen-bond donors (Lipinski definition) is 2. The van der Waals surface area contributed by atoms with Crippen LogP contribution in [0, 0.1) is 17.8 Å². The minimum Gasteiger partial charge on any atom is -0.491 e. The van der Waals surface area contributed by atoms with Crippen LogP contribution in [0.2, 0.25) is 0 Å². The van der Waals surface area contributed by atoms with E-state index in [0.29, 0.717) is 18.0 Å². The number of aliphatic imine (C=N–C) groups is 1.